The number of aliphatic hydroxyl groups is 1. The van der Waals surface area contributed by atoms with E-state index in [-0.39, 0.29) is 18.9 Å². The van der Waals surface area contributed by atoms with Gasteiger partial charge in [-0.05, 0) is 44.4 Å². The van der Waals surface area contributed by atoms with Gasteiger partial charge in [-0.15, -0.1) is 0 Å². The topological polar surface area (TPSA) is 86.6 Å². The molecule has 5 heteroatoms. The Balaban J connectivity index is 2.73. The van der Waals surface area contributed by atoms with Crippen LogP contribution in [0.2, 0.25) is 0 Å². The van der Waals surface area contributed by atoms with Crippen molar-refractivity contribution >= 4 is 11.9 Å². The number of carboxylic acid groups (broad SMARTS) is 1. The maximum Gasteiger partial charge on any atom is 0.310 e. The number of amides is 1. The van der Waals surface area contributed by atoms with Crippen LogP contribution in [0.5, 0.6) is 0 Å². The second kappa shape index (κ2) is 7.25. The van der Waals surface area contributed by atoms with Crippen LogP contribution >= 0.6 is 0 Å². The molecule has 0 atom stereocenters. The summed E-state index contributed by atoms with van der Waals surface area (Å²) in [6.45, 7) is 5.69. The molecule has 0 saturated heterocycles. The van der Waals surface area contributed by atoms with Crippen molar-refractivity contribution in [3.05, 3.63) is 0 Å². The van der Waals surface area contributed by atoms with E-state index in [1.54, 1.807) is 13.8 Å². The first-order valence-electron chi connectivity index (χ1n) is 7.98. The van der Waals surface area contributed by atoms with Crippen LogP contribution in [-0.2, 0) is 9.59 Å². The summed E-state index contributed by atoms with van der Waals surface area (Å²) in [5.74, 6) is -0.561. The molecule has 3 N–H and O–H groups in total. The van der Waals surface area contributed by atoms with Crippen molar-refractivity contribution in [3.63, 3.8) is 0 Å². The fraction of sp³-hybridized carbons (Fsp3) is 0.875. The standard InChI is InChI=1S/C16H29NO4/c1-4-15(5-2,14(20)21)10-13(19)17-16(11-18)8-6-12(3)7-9-16/h12,18H,4-11H2,1-3H3,(H,17,19)(H,20,21). The molecule has 0 spiro atoms. The first-order chi connectivity index (χ1) is 9.83. The lowest BCUT2D eigenvalue weighted by Crippen LogP contribution is -2.54. The number of carboxylic acids is 1. The van der Waals surface area contributed by atoms with Crippen LogP contribution in [0.15, 0.2) is 0 Å². The Morgan fingerprint density at radius 3 is 2.14 bits per heavy atom. The third kappa shape index (κ3) is 4.19. The van der Waals surface area contributed by atoms with Crippen LogP contribution < -0.4 is 5.32 Å². The van der Waals surface area contributed by atoms with Crippen molar-refractivity contribution in [2.45, 2.75) is 71.3 Å². The molecule has 1 amide bonds. The third-order valence-electron chi connectivity index (χ3n) is 5.24. The summed E-state index contributed by atoms with van der Waals surface area (Å²) in [6.07, 6.45) is 4.31. The molecule has 5 nitrogen and oxygen atoms in total. The number of hydrogen-bond acceptors (Lipinski definition) is 3. The van der Waals surface area contributed by atoms with Gasteiger partial charge in [0.25, 0.3) is 0 Å². The van der Waals surface area contributed by atoms with Gasteiger partial charge in [-0.25, -0.2) is 0 Å². The maximum absolute atomic E-state index is 12.3. The predicted molar refractivity (Wildman–Crippen MR) is 80.9 cm³/mol. The molecule has 1 aliphatic rings. The number of hydrogen-bond donors (Lipinski definition) is 3. The van der Waals surface area contributed by atoms with Crippen LogP contribution in [0, 0.1) is 11.3 Å². The van der Waals surface area contributed by atoms with Crippen LogP contribution in [-0.4, -0.2) is 34.2 Å². The summed E-state index contributed by atoms with van der Waals surface area (Å²) in [5.41, 5.74) is -1.56. The van der Waals surface area contributed by atoms with E-state index in [0.717, 1.165) is 25.7 Å². The van der Waals surface area contributed by atoms with Gasteiger partial charge < -0.3 is 15.5 Å². The van der Waals surface area contributed by atoms with Gasteiger partial charge >= 0.3 is 5.97 Å². The van der Waals surface area contributed by atoms with Gasteiger partial charge in [-0.2, -0.15) is 0 Å². The smallest absolute Gasteiger partial charge is 0.310 e. The molecule has 1 fully saturated rings. The van der Waals surface area contributed by atoms with E-state index in [2.05, 4.69) is 12.2 Å². The second-order valence-electron chi connectivity index (χ2n) is 6.64. The monoisotopic (exact) mass is 299 g/mol. The predicted octanol–water partition coefficient (Wildman–Crippen LogP) is 2.32. The summed E-state index contributed by atoms with van der Waals surface area (Å²) in [5, 5.41) is 22.0. The van der Waals surface area contributed by atoms with Crippen molar-refractivity contribution in [2.24, 2.45) is 11.3 Å². The molecule has 0 heterocycles. The molecule has 0 aromatic rings. The number of rotatable bonds is 7. The minimum atomic E-state index is -0.997. The van der Waals surface area contributed by atoms with E-state index in [1.165, 1.54) is 0 Å². The van der Waals surface area contributed by atoms with E-state index < -0.39 is 16.9 Å². The first-order valence-corrected chi connectivity index (χ1v) is 7.98. The van der Waals surface area contributed by atoms with E-state index in [1.807, 2.05) is 0 Å². The molecule has 0 radical (unpaired) electrons. The number of aliphatic hydroxyl groups excluding tert-OH is 1. The fourth-order valence-corrected chi connectivity index (χ4v) is 3.16. The lowest BCUT2D eigenvalue weighted by molar-refractivity contribution is -0.152. The summed E-state index contributed by atoms with van der Waals surface area (Å²) >= 11 is 0. The molecular weight excluding hydrogens is 270 g/mol. The molecule has 122 valence electrons. The average Bonchev–Trinajstić information content (AvgIpc) is 2.47. The Morgan fingerprint density at radius 2 is 1.76 bits per heavy atom. The van der Waals surface area contributed by atoms with Gasteiger partial charge in [0, 0.05) is 6.42 Å². The Morgan fingerprint density at radius 1 is 1.24 bits per heavy atom. The molecule has 0 aliphatic heterocycles. The molecule has 1 aliphatic carbocycles. The van der Waals surface area contributed by atoms with E-state index in [0.29, 0.717) is 18.8 Å². The van der Waals surface area contributed by atoms with Crippen LogP contribution in [0.4, 0.5) is 0 Å². The van der Waals surface area contributed by atoms with Crippen LogP contribution in [0.1, 0.15) is 65.7 Å². The van der Waals surface area contributed by atoms with Gasteiger partial charge in [0.1, 0.15) is 0 Å². The lowest BCUT2D eigenvalue weighted by atomic mass is 9.76. The minimum Gasteiger partial charge on any atom is -0.481 e. The SMILES string of the molecule is CCC(CC)(CC(=O)NC1(CO)CCC(C)CC1)C(=O)O. The van der Waals surface area contributed by atoms with Crippen molar-refractivity contribution in [1.29, 1.82) is 0 Å². The molecule has 1 rings (SSSR count). The zero-order valence-electron chi connectivity index (χ0n) is 13.4. The Hall–Kier alpha value is -1.10. The summed E-state index contributed by atoms with van der Waals surface area (Å²) in [4.78, 5) is 23.8. The van der Waals surface area contributed by atoms with Crippen LogP contribution in [0.3, 0.4) is 0 Å². The average molecular weight is 299 g/mol. The summed E-state index contributed by atoms with van der Waals surface area (Å²) in [6, 6.07) is 0. The number of carbonyl (C=O) groups is 2. The maximum atomic E-state index is 12.3. The Bertz CT molecular complexity index is 368. The highest BCUT2D eigenvalue weighted by Crippen LogP contribution is 2.34. The van der Waals surface area contributed by atoms with Gasteiger partial charge in [0.05, 0.1) is 17.6 Å². The highest BCUT2D eigenvalue weighted by molar-refractivity contribution is 5.85. The number of carbonyl (C=O) groups excluding carboxylic acids is 1. The van der Waals surface area contributed by atoms with Gasteiger partial charge in [0.2, 0.25) is 5.91 Å². The van der Waals surface area contributed by atoms with Crippen molar-refractivity contribution in [2.75, 3.05) is 6.61 Å². The van der Waals surface area contributed by atoms with E-state index in [9.17, 15) is 19.8 Å². The Labute approximate surface area is 127 Å². The quantitative estimate of drug-likeness (QED) is 0.673. The molecule has 0 unspecified atom stereocenters. The minimum absolute atomic E-state index is 0.0212. The Kier molecular flexibility index (Phi) is 6.20. The van der Waals surface area contributed by atoms with Crippen LogP contribution in [0.25, 0.3) is 0 Å². The van der Waals surface area contributed by atoms with Gasteiger partial charge in [-0.3, -0.25) is 9.59 Å². The molecule has 0 aromatic heterocycles. The van der Waals surface area contributed by atoms with Crippen molar-refractivity contribution < 1.29 is 19.8 Å². The largest absolute Gasteiger partial charge is 0.481 e. The molecule has 0 aromatic carbocycles. The zero-order valence-corrected chi connectivity index (χ0v) is 13.4. The molecule has 0 bridgehead atoms. The number of nitrogens with one attached hydrogen (secondary N) is 1. The first kappa shape index (κ1) is 18.0. The third-order valence-corrected chi connectivity index (χ3v) is 5.24. The molecular formula is C16H29NO4. The van der Waals surface area contributed by atoms with Crippen molar-refractivity contribution in [1.82, 2.24) is 5.32 Å². The zero-order chi connectivity index (χ0) is 16.1. The lowest BCUT2D eigenvalue weighted by Gasteiger charge is -2.39. The fourth-order valence-electron chi connectivity index (χ4n) is 3.16. The van der Waals surface area contributed by atoms with Gasteiger partial charge in [-0.1, -0.05) is 20.8 Å². The highest BCUT2D eigenvalue weighted by Gasteiger charge is 2.40. The van der Waals surface area contributed by atoms with E-state index in [4.69, 9.17) is 0 Å². The normalized spacial score (nSPS) is 26.4. The summed E-state index contributed by atoms with van der Waals surface area (Å²) in [7, 11) is 0. The van der Waals surface area contributed by atoms with Crippen molar-refractivity contribution in [3.8, 4) is 0 Å². The van der Waals surface area contributed by atoms with E-state index >= 15 is 0 Å². The summed E-state index contributed by atoms with van der Waals surface area (Å²) < 4.78 is 0. The molecule has 21 heavy (non-hydrogen) atoms. The highest BCUT2D eigenvalue weighted by atomic mass is 16.4. The van der Waals surface area contributed by atoms with Gasteiger partial charge in [0.15, 0.2) is 0 Å². The second-order valence-corrected chi connectivity index (χ2v) is 6.64. The molecule has 1 saturated carbocycles. The number of aliphatic carboxylic acids is 1.